The van der Waals surface area contributed by atoms with Crippen molar-refractivity contribution in [1.82, 2.24) is 15.1 Å². The Kier molecular flexibility index (Phi) is 8.53. The van der Waals surface area contributed by atoms with Gasteiger partial charge in [-0.1, -0.05) is 0 Å². The predicted octanol–water partition coefficient (Wildman–Crippen LogP) is 3.20. The number of carbonyl (C=O) groups is 2. The van der Waals surface area contributed by atoms with Gasteiger partial charge >= 0.3 is 6.09 Å². The van der Waals surface area contributed by atoms with Crippen LogP contribution < -0.4 is 10.2 Å². The number of ether oxygens (including phenoxy) is 1. The van der Waals surface area contributed by atoms with E-state index < -0.39 is 5.60 Å². The number of rotatable bonds is 7. The number of nitrogens with zero attached hydrogens (tertiary/aromatic N) is 3. The Morgan fingerprint density at radius 2 is 1.70 bits per heavy atom. The van der Waals surface area contributed by atoms with E-state index in [1.165, 1.54) is 0 Å². The van der Waals surface area contributed by atoms with Crippen molar-refractivity contribution in [2.75, 3.05) is 50.7 Å². The van der Waals surface area contributed by atoms with Crippen molar-refractivity contribution in [2.24, 2.45) is 0 Å². The van der Waals surface area contributed by atoms with Gasteiger partial charge in [-0.05, 0) is 65.8 Å². The van der Waals surface area contributed by atoms with Gasteiger partial charge in [-0.2, -0.15) is 0 Å². The first-order chi connectivity index (χ1) is 14.1. The minimum Gasteiger partial charge on any atom is -0.444 e. The van der Waals surface area contributed by atoms with Gasteiger partial charge in [0, 0.05) is 63.1 Å². The maximum Gasteiger partial charge on any atom is 0.410 e. The number of hydrogen-bond donors (Lipinski definition) is 1. The quantitative estimate of drug-likeness (QED) is 0.737. The maximum atomic E-state index is 12.4. The molecule has 1 aliphatic heterocycles. The van der Waals surface area contributed by atoms with E-state index in [2.05, 4.69) is 35.9 Å². The van der Waals surface area contributed by atoms with Gasteiger partial charge in [0.15, 0.2) is 0 Å². The first-order valence-corrected chi connectivity index (χ1v) is 11.0. The zero-order chi connectivity index (χ0) is 22.3. The molecule has 0 unspecified atom stereocenters. The molecule has 1 saturated heterocycles. The summed E-state index contributed by atoms with van der Waals surface area (Å²) < 4.78 is 5.43. The summed E-state index contributed by atoms with van der Waals surface area (Å²) in [4.78, 5) is 30.9. The van der Waals surface area contributed by atoms with Crippen molar-refractivity contribution in [3.8, 4) is 0 Å². The first-order valence-electron chi connectivity index (χ1n) is 11.0. The first kappa shape index (κ1) is 24.0. The fraction of sp³-hybridized carbons (Fsp3) is 0.652. The van der Waals surface area contributed by atoms with Gasteiger partial charge in [0.25, 0.3) is 5.91 Å². The molecular weight excluding hydrogens is 380 g/mol. The standard InChI is InChI=1S/C23H38N4O3/c1-7-27(18(2)3)20-10-8-19(9-11-20)21(28)24-12-13-25-14-16-26(17-15-25)22(29)30-23(4,5)6/h8-11,18H,7,12-17H2,1-6H3,(H,24,28). The Balaban J connectivity index is 1.73. The number of amides is 2. The van der Waals surface area contributed by atoms with Crippen LogP contribution in [-0.2, 0) is 4.74 Å². The molecule has 2 rings (SSSR count). The van der Waals surface area contributed by atoms with Gasteiger partial charge in [-0.25, -0.2) is 4.79 Å². The second-order valence-corrected chi connectivity index (χ2v) is 8.99. The lowest BCUT2D eigenvalue weighted by Crippen LogP contribution is -2.51. The molecule has 7 heteroatoms. The number of piperazine rings is 1. The zero-order valence-corrected chi connectivity index (χ0v) is 19.4. The molecule has 1 heterocycles. The maximum absolute atomic E-state index is 12.4. The minimum absolute atomic E-state index is 0.0541. The lowest BCUT2D eigenvalue weighted by atomic mass is 10.1. The summed E-state index contributed by atoms with van der Waals surface area (Å²) in [6.07, 6.45) is -0.252. The predicted molar refractivity (Wildman–Crippen MR) is 121 cm³/mol. The van der Waals surface area contributed by atoms with Gasteiger partial charge < -0.3 is 19.9 Å². The Labute approximate surface area is 181 Å². The fourth-order valence-electron chi connectivity index (χ4n) is 3.56. The second-order valence-electron chi connectivity index (χ2n) is 8.99. The molecule has 1 fully saturated rings. The average Bonchev–Trinajstić information content (AvgIpc) is 2.68. The number of carbonyl (C=O) groups excluding carboxylic acids is 2. The monoisotopic (exact) mass is 418 g/mol. The normalized spacial score (nSPS) is 15.2. The molecular formula is C23H38N4O3. The van der Waals surface area contributed by atoms with Crippen LogP contribution in [0.4, 0.5) is 10.5 Å². The molecule has 168 valence electrons. The summed E-state index contributed by atoms with van der Waals surface area (Å²) >= 11 is 0. The summed E-state index contributed by atoms with van der Waals surface area (Å²) in [6.45, 7) is 17.2. The fourth-order valence-corrected chi connectivity index (χ4v) is 3.56. The summed E-state index contributed by atoms with van der Waals surface area (Å²) in [5.41, 5.74) is 1.33. The van der Waals surface area contributed by atoms with E-state index in [0.29, 0.717) is 31.2 Å². The molecule has 1 aliphatic rings. The molecule has 1 aromatic carbocycles. The van der Waals surface area contributed by atoms with Crippen molar-refractivity contribution < 1.29 is 14.3 Å². The molecule has 0 bridgehead atoms. The molecule has 2 amide bonds. The largest absolute Gasteiger partial charge is 0.444 e. The molecule has 1 aromatic rings. The van der Waals surface area contributed by atoms with Gasteiger partial charge in [0.2, 0.25) is 0 Å². The Morgan fingerprint density at radius 1 is 1.10 bits per heavy atom. The summed E-state index contributed by atoms with van der Waals surface area (Å²) in [5, 5.41) is 3.00. The van der Waals surface area contributed by atoms with E-state index in [9.17, 15) is 9.59 Å². The second kappa shape index (κ2) is 10.7. The number of benzene rings is 1. The van der Waals surface area contributed by atoms with E-state index in [-0.39, 0.29) is 12.0 Å². The van der Waals surface area contributed by atoms with Crippen LogP contribution in [0.15, 0.2) is 24.3 Å². The molecule has 0 atom stereocenters. The van der Waals surface area contributed by atoms with Crippen molar-refractivity contribution in [3.05, 3.63) is 29.8 Å². The molecule has 1 N–H and O–H groups in total. The number of anilines is 1. The molecule has 0 saturated carbocycles. The molecule has 0 radical (unpaired) electrons. The van der Waals surface area contributed by atoms with E-state index >= 15 is 0 Å². The Bertz CT molecular complexity index is 689. The van der Waals surface area contributed by atoms with Gasteiger partial charge in [0.1, 0.15) is 5.60 Å². The molecule has 7 nitrogen and oxygen atoms in total. The molecule has 0 aliphatic carbocycles. The summed E-state index contributed by atoms with van der Waals surface area (Å²) in [5.74, 6) is -0.0541. The number of nitrogens with one attached hydrogen (secondary N) is 1. The van der Waals surface area contributed by atoms with E-state index in [4.69, 9.17) is 4.74 Å². The van der Waals surface area contributed by atoms with Crippen molar-refractivity contribution in [2.45, 2.75) is 53.2 Å². The third-order valence-electron chi connectivity index (χ3n) is 5.16. The smallest absolute Gasteiger partial charge is 0.410 e. The topological polar surface area (TPSA) is 65.1 Å². The van der Waals surface area contributed by atoms with Crippen LogP contribution in [0.1, 0.15) is 51.9 Å². The van der Waals surface area contributed by atoms with Crippen LogP contribution in [-0.4, -0.2) is 79.3 Å². The molecule has 0 aromatic heterocycles. The lowest BCUT2D eigenvalue weighted by molar-refractivity contribution is 0.0147. The minimum atomic E-state index is -0.472. The highest BCUT2D eigenvalue weighted by molar-refractivity contribution is 5.94. The van der Waals surface area contributed by atoms with E-state index in [0.717, 1.165) is 31.9 Å². The van der Waals surface area contributed by atoms with Crippen molar-refractivity contribution in [3.63, 3.8) is 0 Å². The zero-order valence-electron chi connectivity index (χ0n) is 19.4. The van der Waals surface area contributed by atoms with Crippen LogP contribution in [0.2, 0.25) is 0 Å². The highest BCUT2D eigenvalue weighted by Crippen LogP contribution is 2.17. The lowest BCUT2D eigenvalue weighted by Gasteiger charge is -2.35. The Morgan fingerprint density at radius 3 is 2.20 bits per heavy atom. The van der Waals surface area contributed by atoms with E-state index in [1.54, 1.807) is 4.90 Å². The Hall–Kier alpha value is -2.28. The van der Waals surface area contributed by atoms with Crippen LogP contribution >= 0.6 is 0 Å². The molecule has 30 heavy (non-hydrogen) atoms. The SMILES string of the molecule is CCN(c1ccc(C(=O)NCCN2CCN(C(=O)OC(C)(C)C)CC2)cc1)C(C)C. The third kappa shape index (κ3) is 7.20. The van der Waals surface area contributed by atoms with Crippen molar-refractivity contribution >= 4 is 17.7 Å². The average molecular weight is 419 g/mol. The summed E-state index contributed by atoms with van der Waals surface area (Å²) in [7, 11) is 0. The highest BCUT2D eigenvalue weighted by Gasteiger charge is 2.25. The highest BCUT2D eigenvalue weighted by atomic mass is 16.6. The van der Waals surface area contributed by atoms with Gasteiger partial charge in [0.05, 0.1) is 0 Å². The molecule has 0 spiro atoms. The van der Waals surface area contributed by atoms with Gasteiger partial charge in [-0.3, -0.25) is 9.69 Å². The summed E-state index contributed by atoms with van der Waals surface area (Å²) in [6, 6.07) is 8.21. The van der Waals surface area contributed by atoms with Gasteiger partial charge in [-0.15, -0.1) is 0 Å². The van der Waals surface area contributed by atoms with Crippen molar-refractivity contribution in [1.29, 1.82) is 0 Å². The third-order valence-corrected chi connectivity index (χ3v) is 5.16. The number of hydrogen-bond acceptors (Lipinski definition) is 5. The van der Waals surface area contributed by atoms with Crippen LogP contribution in [0.3, 0.4) is 0 Å². The van der Waals surface area contributed by atoms with Crippen LogP contribution in [0.5, 0.6) is 0 Å². The van der Waals surface area contributed by atoms with Crippen LogP contribution in [0.25, 0.3) is 0 Å². The van der Waals surface area contributed by atoms with E-state index in [1.807, 2.05) is 45.0 Å². The van der Waals surface area contributed by atoms with Crippen LogP contribution in [0, 0.1) is 0 Å².